The van der Waals surface area contributed by atoms with Crippen LogP contribution < -0.4 is 20.2 Å². The quantitative estimate of drug-likeness (QED) is 0.565. The number of nitrogens with zero attached hydrogens (tertiary/aromatic N) is 1. The predicted octanol–water partition coefficient (Wildman–Crippen LogP) is 4.38. The molecule has 1 heterocycles. The molecule has 0 fully saturated rings. The van der Waals surface area contributed by atoms with Crippen molar-refractivity contribution in [3.05, 3.63) is 87.9 Å². The van der Waals surface area contributed by atoms with Gasteiger partial charge in [0.05, 0.1) is 19.8 Å². The maximum absolute atomic E-state index is 13.3. The normalized spacial score (nSPS) is 15.0. The number of hydrogen-bond acceptors (Lipinski definition) is 5. The second-order valence-electron chi connectivity index (χ2n) is 6.82. The van der Waals surface area contributed by atoms with Gasteiger partial charge >= 0.3 is 0 Å². The van der Waals surface area contributed by atoms with E-state index in [2.05, 4.69) is 26.7 Å². The van der Waals surface area contributed by atoms with Crippen LogP contribution in [-0.2, 0) is 0 Å². The number of benzene rings is 3. The SMILES string of the molecule is COc1ccc([C@@H]2Nc3ccccc3C(=O)N2NC(=O)c2ccc(Br)cc2)c(OC)c1. The number of carbonyl (C=O) groups is 2. The summed E-state index contributed by atoms with van der Waals surface area (Å²) in [5.41, 5.74) is 4.98. The molecule has 0 unspecified atom stereocenters. The number of amides is 2. The van der Waals surface area contributed by atoms with Crippen LogP contribution >= 0.6 is 15.9 Å². The van der Waals surface area contributed by atoms with Crippen LogP contribution in [0, 0.1) is 0 Å². The smallest absolute Gasteiger partial charge is 0.276 e. The molecular formula is C23H20BrN3O4. The zero-order valence-electron chi connectivity index (χ0n) is 16.9. The Bertz CT molecular complexity index is 1130. The summed E-state index contributed by atoms with van der Waals surface area (Å²) in [5, 5.41) is 4.62. The number of fused-ring (bicyclic) bond motifs is 1. The standard InChI is InChI=1S/C23H20BrN3O4/c1-30-16-11-12-18(20(13-16)31-2)21-25-19-6-4-3-5-17(19)23(29)27(21)26-22(28)14-7-9-15(24)10-8-14/h3-13,21,25H,1-2H3,(H,26,28)/t21-/m1/s1. The minimum Gasteiger partial charge on any atom is -0.497 e. The summed E-state index contributed by atoms with van der Waals surface area (Å²) < 4.78 is 11.7. The third-order valence-corrected chi connectivity index (χ3v) is 5.52. The van der Waals surface area contributed by atoms with E-state index in [1.807, 2.05) is 12.1 Å². The number of methoxy groups -OCH3 is 2. The van der Waals surface area contributed by atoms with Crippen molar-refractivity contribution in [1.82, 2.24) is 10.4 Å². The van der Waals surface area contributed by atoms with Gasteiger partial charge in [-0.3, -0.25) is 15.0 Å². The summed E-state index contributed by atoms with van der Waals surface area (Å²) in [5.74, 6) is 0.405. The minimum absolute atomic E-state index is 0.331. The highest BCUT2D eigenvalue weighted by Crippen LogP contribution is 2.37. The molecule has 31 heavy (non-hydrogen) atoms. The van der Waals surface area contributed by atoms with Gasteiger partial charge in [0.1, 0.15) is 11.5 Å². The first-order valence-corrected chi connectivity index (χ1v) is 10.3. The van der Waals surface area contributed by atoms with Crippen LogP contribution in [0.5, 0.6) is 11.5 Å². The van der Waals surface area contributed by atoms with E-state index in [4.69, 9.17) is 9.47 Å². The summed E-state index contributed by atoms with van der Waals surface area (Å²) in [7, 11) is 3.11. The van der Waals surface area contributed by atoms with Gasteiger partial charge in [0.2, 0.25) is 0 Å². The number of ether oxygens (including phenoxy) is 2. The van der Waals surface area contributed by atoms with Gasteiger partial charge in [-0.25, -0.2) is 5.01 Å². The van der Waals surface area contributed by atoms with Crippen LogP contribution in [0.15, 0.2) is 71.2 Å². The van der Waals surface area contributed by atoms with Crippen LogP contribution in [0.4, 0.5) is 5.69 Å². The third-order valence-electron chi connectivity index (χ3n) is 4.99. The molecule has 0 aromatic heterocycles. The van der Waals surface area contributed by atoms with Crippen molar-refractivity contribution >= 4 is 33.4 Å². The molecule has 0 saturated carbocycles. The highest BCUT2D eigenvalue weighted by atomic mass is 79.9. The number of rotatable bonds is 5. The van der Waals surface area contributed by atoms with Crippen molar-refractivity contribution < 1.29 is 19.1 Å². The van der Waals surface area contributed by atoms with E-state index in [1.54, 1.807) is 68.8 Å². The largest absolute Gasteiger partial charge is 0.497 e. The number of para-hydroxylation sites is 1. The molecule has 4 rings (SSSR count). The number of carbonyl (C=O) groups excluding carboxylic acids is 2. The summed E-state index contributed by atoms with van der Waals surface area (Å²) >= 11 is 3.36. The first kappa shape index (κ1) is 20.7. The lowest BCUT2D eigenvalue weighted by molar-refractivity contribution is 0.0488. The van der Waals surface area contributed by atoms with E-state index < -0.39 is 12.1 Å². The average molecular weight is 482 g/mol. The summed E-state index contributed by atoms with van der Waals surface area (Å²) in [4.78, 5) is 26.3. The van der Waals surface area contributed by atoms with E-state index in [0.717, 1.165) is 4.47 Å². The zero-order valence-corrected chi connectivity index (χ0v) is 18.5. The van der Waals surface area contributed by atoms with E-state index in [-0.39, 0.29) is 5.91 Å². The Labute approximate surface area is 188 Å². The molecule has 7 nitrogen and oxygen atoms in total. The Morgan fingerprint density at radius 2 is 1.77 bits per heavy atom. The maximum atomic E-state index is 13.3. The molecule has 0 saturated heterocycles. The molecule has 8 heteroatoms. The van der Waals surface area contributed by atoms with Crippen molar-refractivity contribution in [2.75, 3.05) is 19.5 Å². The summed E-state index contributed by atoms with van der Waals surface area (Å²) in [6, 6.07) is 19.4. The Morgan fingerprint density at radius 3 is 2.48 bits per heavy atom. The molecule has 2 N–H and O–H groups in total. The van der Waals surface area contributed by atoms with Crippen molar-refractivity contribution in [2.24, 2.45) is 0 Å². The van der Waals surface area contributed by atoms with Gasteiger partial charge in [0.25, 0.3) is 11.8 Å². The number of nitrogens with one attached hydrogen (secondary N) is 2. The van der Waals surface area contributed by atoms with Crippen LogP contribution in [-0.4, -0.2) is 31.0 Å². The fourth-order valence-corrected chi connectivity index (χ4v) is 3.67. The molecule has 0 spiro atoms. The first-order valence-electron chi connectivity index (χ1n) is 9.49. The zero-order chi connectivity index (χ0) is 22.0. The van der Waals surface area contributed by atoms with E-state index in [9.17, 15) is 9.59 Å². The lowest BCUT2D eigenvalue weighted by Crippen LogP contribution is -2.52. The molecule has 2 amide bonds. The highest BCUT2D eigenvalue weighted by molar-refractivity contribution is 9.10. The van der Waals surface area contributed by atoms with Crippen molar-refractivity contribution in [3.63, 3.8) is 0 Å². The molecule has 158 valence electrons. The lowest BCUT2D eigenvalue weighted by atomic mass is 10.0. The van der Waals surface area contributed by atoms with E-state index in [1.165, 1.54) is 5.01 Å². The predicted molar refractivity (Wildman–Crippen MR) is 120 cm³/mol. The van der Waals surface area contributed by atoms with Gasteiger partial charge in [-0.15, -0.1) is 0 Å². The number of hydrogen-bond donors (Lipinski definition) is 2. The summed E-state index contributed by atoms with van der Waals surface area (Å²) in [6.07, 6.45) is -0.692. The molecular weight excluding hydrogens is 462 g/mol. The molecule has 1 aliphatic heterocycles. The average Bonchev–Trinajstić information content (AvgIpc) is 2.80. The topological polar surface area (TPSA) is 79.9 Å². The van der Waals surface area contributed by atoms with Gasteiger partial charge in [-0.2, -0.15) is 0 Å². The van der Waals surface area contributed by atoms with Crippen LogP contribution in [0.1, 0.15) is 32.4 Å². The Hall–Kier alpha value is -3.52. The van der Waals surface area contributed by atoms with Crippen molar-refractivity contribution in [1.29, 1.82) is 0 Å². The Kier molecular flexibility index (Phi) is 5.81. The number of halogens is 1. The Balaban J connectivity index is 1.75. The lowest BCUT2D eigenvalue weighted by Gasteiger charge is -2.38. The van der Waals surface area contributed by atoms with Crippen LogP contribution in [0.3, 0.4) is 0 Å². The number of hydrazine groups is 1. The van der Waals surface area contributed by atoms with Gasteiger partial charge in [0.15, 0.2) is 6.17 Å². The maximum Gasteiger partial charge on any atom is 0.276 e. The molecule has 0 aliphatic carbocycles. The second kappa shape index (κ2) is 8.69. The third kappa shape index (κ3) is 4.06. The molecule has 0 bridgehead atoms. The first-order chi connectivity index (χ1) is 15.0. The minimum atomic E-state index is -0.692. The number of anilines is 1. The molecule has 3 aromatic rings. The highest BCUT2D eigenvalue weighted by Gasteiger charge is 2.36. The van der Waals surface area contributed by atoms with Crippen LogP contribution in [0.25, 0.3) is 0 Å². The van der Waals surface area contributed by atoms with Gasteiger partial charge < -0.3 is 14.8 Å². The van der Waals surface area contributed by atoms with E-state index >= 15 is 0 Å². The molecule has 0 radical (unpaired) electrons. The van der Waals surface area contributed by atoms with Gasteiger partial charge in [0, 0.05) is 27.4 Å². The molecule has 3 aromatic carbocycles. The monoisotopic (exact) mass is 481 g/mol. The van der Waals surface area contributed by atoms with Gasteiger partial charge in [-0.1, -0.05) is 28.1 Å². The fraction of sp³-hybridized carbons (Fsp3) is 0.130. The summed E-state index contributed by atoms with van der Waals surface area (Å²) in [6.45, 7) is 0. The second-order valence-corrected chi connectivity index (χ2v) is 7.74. The fourth-order valence-electron chi connectivity index (χ4n) is 3.41. The molecule has 1 atom stereocenters. The van der Waals surface area contributed by atoms with Crippen LogP contribution in [0.2, 0.25) is 0 Å². The van der Waals surface area contributed by atoms with Crippen molar-refractivity contribution in [3.8, 4) is 11.5 Å². The van der Waals surface area contributed by atoms with E-state index in [0.29, 0.717) is 33.9 Å². The van der Waals surface area contributed by atoms with Gasteiger partial charge in [-0.05, 0) is 48.5 Å². The Morgan fingerprint density at radius 1 is 1.03 bits per heavy atom. The molecule has 1 aliphatic rings. The van der Waals surface area contributed by atoms with Crippen molar-refractivity contribution in [2.45, 2.75) is 6.17 Å².